The molecule has 1 heterocycles. The van der Waals surface area contributed by atoms with Crippen LogP contribution < -0.4 is 0 Å². The number of hydrogen-bond donors (Lipinski definition) is 0. The average molecular weight is 286 g/mol. The third-order valence-corrected chi connectivity index (χ3v) is 3.15. The second-order valence-electron chi connectivity index (χ2n) is 2.86. The number of aromatic nitrogens is 1. The zero-order valence-corrected chi connectivity index (χ0v) is 9.60. The molecule has 0 fully saturated rings. The normalized spacial score (nSPS) is 10.3. The van der Waals surface area contributed by atoms with Crippen molar-refractivity contribution in [2.75, 3.05) is 0 Å². The molecule has 0 atom stereocenters. The summed E-state index contributed by atoms with van der Waals surface area (Å²) < 4.78 is 13.4. The van der Waals surface area contributed by atoms with Crippen LogP contribution in [0.4, 0.5) is 4.39 Å². The predicted octanol–water partition coefficient (Wildman–Crippen LogP) is 3.66. The van der Waals surface area contributed by atoms with Gasteiger partial charge in [0.2, 0.25) is 0 Å². The Morgan fingerprint density at radius 1 is 1.47 bits per heavy atom. The SMILES string of the molecule is N#Cc1cnc2c(Br)c(F)ccc2c1Cl. The van der Waals surface area contributed by atoms with Gasteiger partial charge >= 0.3 is 0 Å². The summed E-state index contributed by atoms with van der Waals surface area (Å²) in [5, 5.41) is 9.60. The van der Waals surface area contributed by atoms with Crippen LogP contribution in [0.1, 0.15) is 5.56 Å². The molecule has 2 aromatic rings. The molecule has 15 heavy (non-hydrogen) atoms. The second kappa shape index (κ2) is 3.76. The van der Waals surface area contributed by atoms with Gasteiger partial charge in [-0.25, -0.2) is 4.39 Å². The van der Waals surface area contributed by atoms with Crippen molar-refractivity contribution >= 4 is 38.4 Å². The predicted molar refractivity (Wildman–Crippen MR) is 59.1 cm³/mol. The van der Waals surface area contributed by atoms with Crippen LogP contribution in [-0.2, 0) is 0 Å². The molecule has 0 saturated carbocycles. The smallest absolute Gasteiger partial charge is 0.139 e. The Bertz CT molecular complexity index is 592. The van der Waals surface area contributed by atoms with E-state index in [-0.39, 0.29) is 10.0 Å². The molecule has 0 unspecified atom stereocenters. The van der Waals surface area contributed by atoms with Crippen LogP contribution in [0.25, 0.3) is 10.9 Å². The number of hydrogen-bond acceptors (Lipinski definition) is 2. The molecule has 0 aliphatic rings. The molecule has 1 aromatic carbocycles. The van der Waals surface area contributed by atoms with E-state index < -0.39 is 5.82 Å². The van der Waals surface area contributed by atoms with E-state index >= 15 is 0 Å². The van der Waals surface area contributed by atoms with Gasteiger partial charge in [0.05, 0.1) is 20.6 Å². The van der Waals surface area contributed by atoms with Gasteiger partial charge in [-0.3, -0.25) is 4.98 Å². The van der Waals surface area contributed by atoms with Crippen molar-refractivity contribution in [3.8, 4) is 6.07 Å². The number of halogens is 3. The van der Waals surface area contributed by atoms with E-state index in [0.717, 1.165) is 0 Å². The zero-order valence-electron chi connectivity index (χ0n) is 7.26. The number of nitrogens with zero attached hydrogens (tertiary/aromatic N) is 2. The average Bonchev–Trinajstić information content (AvgIpc) is 2.24. The molecular formula is C10H3BrClFN2. The fraction of sp³-hybridized carbons (Fsp3) is 0. The first-order valence-corrected chi connectivity index (χ1v) is 5.14. The van der Waals surface area contributed by atoms with Crippen molar-refractivity contribution in [1.82, 2.24) is 4.98 Å². The Kier molecular flexibility index (Phi) is 2.59. The largest absolute Gasteiger partial charge is 0.253 e. The molecule has 0 N–H and O–H groups in total. The number of rotatable bonds is 0. The Labute approximate surface area is 98.4 Å². The summed E-state index contributed by atoms with van der Waals surface area (Å²) in [7, 11) is 0. The maximum Gasteiger partial charge on any atom is 0.139 e. The zero-order chi connectivity index (χ0) is 11.0. The molecule has 0 aliphatic heterocycles. The van der Waals surface area contributed by atoms with Crippen molar-refractivity contribution < 1.29 is 4.39 Å². The Morgan fingerprint density at radius 2 is 2.20 bits per heavy atom. The van der Waals surface area contributed by atoms with Crippen LogP contribution in [0, 0.1) is 17.1 Å². The van der Waals surface area contributed by atoms with Crippen molar-refractivity contribution in [3.05, 3.63) is 39.2 Å². The van der Waals surface area contributed by atoms with Crippen molar-refractivity contribution in [1.29, 1.82) is 5.26 Å². The van der Waals surface area contributed by atoms with E-state index in [2.05, 4.69) is 20.9 Å². The molecule has 1 aromatic heterocycles. The maximum atomic E-state index is 13.2. The van der Waals surface area contributed by atoms with Crippen molar-refractivity contribution in [2.45, 2.75) is 0 Å². The maximum absolute atomic E-state index is 13.2. The van der Waals surface area contributed by atoms with Crippen LogP contribution in [0.2, 0.25) is 5.02 Å². The minimum atomic E-state index is -0.407. The molecule has 0 spiro atoms. The van der Waals surface area contributed by atoms with Gasteiger partial charge in [-0.1, -0.05) is 11.6 Å². The molecule has 0 saturated heterocycles. The lowest BCUT2D eigenvalue weighted by Crippen LogP contribution is -1.88. The third-order valence-electron chi connectivity index (χ3n) is 1.99. The summed E-state index contributed by atoms with van der Waals surface area (Å²) in [6.07, 6.45) is 1.33. The number of fused-ring (bicyclic) bond motifs is 1. The van der Waals surface area contributed by atoms with Gasteiger partial charge in [0.25, 0.3) is 0 Å². The summed E-state index contributed by atoms with van der Waals surface area (Å²) >= 11 is 9.04. The molecule has 5 heteroatoms. The fourth-order valence-electron chi connectivity index (χ4n) is 1.25. The highest BCUT2D eigenvalue weighted by atomic mass is 79.9. The highest BCUT2D eigenvalue weighted by molar-refractivity contribution is 9.10. The van der Waals surface area contributed by atoms with E-state index in [9.17, 15) is 4.39 Å². The standard InChI is InChI=1S/C10H3BrClFN2/c11-8-7(13)2-1-6-9(12)5(3-14)4-15-10(6)8/h1-2,4H. The van der Waals surface area contributed by atoms with Crippen molar-refractivity contribution in [2.24, 2.45) is 0 Å². The van der Waals surface area contributed by atoms with E-state index in [1.54, 1.807) is 0 Å². The molecule has 74 valence electrons. The van der Waals surface area contributed by atoms with Crippen LogP contribution in [0.15, 0.2) is 22.8 Å². The lowest BCUT2D eigenvalue weighted by atomic mass is 10.1. The van der Waals surface area contributed by atoms with Crippen LogP contribution in [0.5, 0.6) is 0 Å². The molecule has 2 rings (SSSR count). The number of pyridine rings is 1. The lowest BCUT2D eigenvalue weighted by Gasteiger charge is -2.03. The quantitative estimate of drug-likeness (QED) is 0.740. The Balaban J connectivity index is 2.93. The first-order valence-electron chi connectivity index (χ1n) is 3.97. The summed E-state index contributed by atoms with van der Waals surface area (Å²) in [4.78, 5) is 3.98. The summed E-state index contributed by atoms with van der Waals surface area (Å²) in [5.74, 6) is -0.407. The van der Waals surface area contributed by atoms with Gasteiger partial charge in [-0.2, -0.15) is 5.26 Å². The van der Waals surface area contributed by atoms with E-state index in [1.165, 1.54) is 18.3 Å². The molecule has 2 nitrogen and oxygen atoms in total. The van der Waals surface area contributed by atoms with E-state index in [4.69, 9.17) is 16.9 Å². The van der Waals surface area contributed by atoms with E-state index in [1.807, 2.05) is 6.07 Å². The van der Waals surface area contributed by atoms with E-state index in [0.29, 0.717) is 15.9 Å². The highest BCUT2D eigenvalue weighted by Crippen LogP contribution is 2.31. The minimum Gasteiger partial charge on any atom is -0.253 e. The highest BCUT2D eigenvalue weighted by Gasteiger charge is 2.11. The van der Waals surface area contributed by atoms with Gasteiger partial charge < -0.3 is 0 Å². The molecule has 0 aliphatic carbocycles. The Morgan fingerprint density at radius 3 is 2.87 bits per heavy atom. The van der Waals surface area contributed by atoms with Gasteiger partial charge in [-0.05, 0) is 28.1 Å². The Hall–Kier alpha value is -1.18. The van der Waals surface area contributed by atoms with Crippen LogP contribution in [0.3, 0.4) is 0 Å². The minimum absolute atomic E-state index is 0.256. The molecule has 0 amide bonds. The third kappa shape index (κ3) is 1.58. The number of benzene rings is 1. The van der Waals surface area contributed by atoms with Gasteiger partial charge in [0, 0.05) is 11.6 Å². The monoisotopic (exact) mass is 284 g/mol. The molecular weight excluding hydrogens is 282 g/mol. The summed E-state index contributed by atoms with van der Waals surface area (Å²) in [5.41, 5.74) is 0.696. The van der Waals surface area contributed by atoms with Gasteiger partial charge in [0.1, 0.15) is 11.9 Å². The van der Waals surface area contributed by atoms with Gasteiger partial charge in [0.15, 0.2) is 0 Å². The van der Waals surface area contributed by atoms with Crippen LogP contribution >= 0.6 is 27.5 Å². The second-order valence-corrected chi connectivity index (χ2v) is 4.03. The fourth-order valence-corrected chi connectivity index (χ4v) is 1.94. The number of nitriles is 1. The molecule has 0 radical (unpaired) electrons. The van der Waals surface area contributed by atoms with Crippen LogP contribution in [-0.4, -0.2) is 4.98 Å². The first-order chi connectivity index (χ1) is 7.15. The molecule has 0 bridgehead atoms. The topological polar surface area (TPSA) is 36.7 Å². The van der Waals surface area contributed by atoms with Crippen molar-refractivity contribution in [3.63, 3.8) is 0 Å². The first kappa shape index (κ1) is 10.3. The summed E-state index contributed by atoms with van der Waals surface area (Å²) in [6, 6.07) is 4.70. The summed E-state index contributed by atoms with van der Waals surface area (Å²) in [6.45, 7) is 0. The van der Waals surface area contributed by atoms with Gasteiger partial charge in [-0.15, -0.1) is 0 Å². The lowest BCUT2D eigenvalue weighted by molar-refractivity contribution is 0.623.